The fourth-order valence-electron chi connectivity index (χ4n) is 1.38. The Hall–Kier alpha value is -1.93. The molecule has 0 saturated carbocycles. The number of alkyl halides is 1. The monoisotopic (exact) mass is 250 g/mol. The molecule has 0 bridgehead atoms. The van der Waals surface area contributed by atoms with Crippen LogP contribution in [-0.2, 0) is 0 Å². The van der Waals surface area contributed by atoms with Crippen LogP contribution in [0.5, 0.6) is 0 Å². The second-order valence-electron chi connectivity index (χ2n) is 3.29. The van der Waals surface area contributed by atoms with Gasteiger partial charge in [0.15, 0.2) is 11.0 Å². The minimum absolute atomic E-state index is 0.135. The minimum atomic E-state index is -0.510. The van der Waals surface area contributed by atoms with E-state index in [0.29, 0.717) is 22.4 Å². The third kappa shape index (κ3) is 2.43. The van der Waals surface area contributed by atoms with Crippen LogP contribution < -0.4 is 5.32 Å². The Kier molecular flexibility index (Phi) is 3.35. The van der Waals surface area contributed by atoms with E-state index in [1.54, 1.807) is 18.2 Å². The van der Waals surface area contributed by atoms with Crippen LogP contribution in [0.2, 0.25) is 5.15 Å². The summed E-state index contributed by atoms with van der Waals surface area (Å²) in [7, 11) is 0. The average Bonchev–Trinajstić information content (AvgIpc) is 2.35. The summed E-state index contributed by atoms with van der Waals surface area (Å²) in [5.41, 5.74) is 1.64. The van der Waals surface area contributed by atoms with Crippen molar-refractivity contribution in [3.05, 3.63) is 28.9 Å². The number of nitrogens with zero attached hydrogens (tertiary/aromatic N) is 3. The van der Waals surface area contributed by atoms with E-state index in [4.69, 9.17) is 16.9 Å². The first-order valence-corrected chi connectivity index (χ1v) is 5.29. The molecule has 1 aromatic carbocycles. The van der Waals surface area contributed by atoms with Crippen molar-refractivity contribution in [2.75, 3.05) is 18.5 Å². The Morgan fingerprint density at radius 1 is 1.35 bits per heavy atom. The van der Waals surface area contributed by atoms with Crippen LogP contribution in [0.1, 0.15) is 5.56 Å². The second-order valence-corrected chi connectivity index (χ2v) is 3.65. The molecule has 4 nitrogen and oxygen atoms in total. The standard InChI is InChI=1S/C11H8ClFN4/c12-10-11(15-4-3-13)17-8-2-1-7(6-14)5-9(8)16-10/h1-2,5H,3-4H2,(H,15,17). The van der Waals surface area contributed by atoms with E-state index < -0.39 is 6.67 Å². The van der Waals surface area contributed by atoms with E-state index in [0.717, 1.165) is 0 Å². The SMILES string of the molecule is N#Cc1ccc2nc(NCCF)c(Cl)nc2c1. The van der Waals surface area contributed by atoms with Crippen LogP contribution >= 0.6 is 11.6 Å². The number of hydrogen-bond acceptors (Lipinski definition) is 4. The van der Waals surface area contributed by atoms with Gasteiger partial charge in [-0.25, -0.2) is 14.4 Å². The van der Waals surface area contributed by atoms with Crippen LogP contribution in [0.25, 0.3) is 11.0 Å². The molecule has 0 aliphatic carbocycles. The summed E-state index contributed by atoms with van der Waals surface area (Å²) in [5, 5.41) is 11.7. The lowest BCUT2D eigenvalue weighted by Gasteiger charge is -2.06. The quantitative estimate of drug-likeness (QED) is 0.909. The van der Waals surface area contributed by atoms with Crippen LogP contribution in [0.3, 0.4) is 0 Å². The number of nitriles is 1. The summed E-state index contributed by atoms with van der Waals surface area (Å²) in [6, 6.07) is 6.94. The maximum absolute atomic E-state index is 12.0. The predicted octanol–water partition coefficient (Wildman–Crippen LogP) is 2.54. The van der Waals surface area contributed by atoms with Gasteiger partial charge in [0.2, 0.25) is 0 Å². The first-order chi connectivity index (χ1) is 8.24. The fraction of sp³-hybridized carbons (Fsp3) is 0.182. The average molecular weight is 251 g/mol. The maximum Gasteiger partial charge on any atom is 0.172 e. The molecule has 0 saturated heterocycles. The maximum atomic E-state index is 12.0. The summed E-state index contributed by atoms with van der Waals surface area (Å²) in [4.78, 5) is 8.31. The normalized spacial score (nSPS) is 10.2. The molecule has 1 N–H and O–H groups in total. The van der Waals surface area contributed by atoms with Crippen molar-refractivity contribution in [2.45, 2.75) is 0 Å². The van der Waals surface area contributed by atoms with Crippen LogP contribution in [0.4, 0.5) is 10.2 Å². The van der Waals surface area contributed by atoms with Gasteiger partial charge in [-0.3, -0.25) is 0 Å². The Morgan fingerprint density at radius 2 is 2.18 bits per heavy atom. The summed E-state index contributed by atoms with van der Waals surface area (Å²) >= 11 is 5.89. The largest absolute Gasteiger partial charge is 0.365 e. The molecule has 2 rings (SSSR count). The molecule has 86 valence electrons. The highest BCUT2D eigenvalue weighted by Gasteiger charge is 2.06. The Balaban J connectivity index is 2.47. The van der Waals surface area contributed by atoms with Crippen LogP contribution in [-0.4, -0.2) is 23.2 Å². The smallest absolute Gasteiger partial charge is 0.172 e. The first-order valence-electron chi connectivity index (χ1n) is 4.92. The summed E-state index contributed by atoms with van der Waals surface area (Å²) < 4.78 is 12.0. The number of nitrogens with one attached hydrogen (secondary N) is 1. The van der Waals surface area contributed by atoms with Gasteiger partial charge in [-0.15, -0.1) is 0 Å². The lowest BCUT2D eigenvalue weighted by Crippen LogP contribution is -2.06. The highest BCUT2D eigenvalue weighted by Crippen LogP contribution is 2.21. The minimum Gasteiger partial charge on any atom is -0.365 e. The lowest BCUT2D eigenvalue weighted by atomic mass is 10.2. The zero-order valence-electron chi connectivity index (χ0n) is 8.74. The number of benzene rings is 1. The van der Waals surface area contributed by atoms with Gasteiger partial charge in [0.1, 0.15) is 6.67 Å². The van der Waals surface area contributed by atoms with E-state index in [2.05, 4.69) is 15.3 Å². The molecular weight excluding hydrogens is 243 g/mol. The molecule has 0 aliphatic heterocycles. The van der Waals surface area contributed by atoms with Gasteiger partial charge in [-0.2, -0.15) is 5.26 Å². The molecular formula is C11H8ClFN4. The van der Waals surface area contributed by atoms with Gasteiger partial charge in [-0.05, 0) is 18.2 Å². The van der Waals surface area contributed by atoms with Gasteiger partial charge in [0, 0.05) is 6.54 Å². The van der Waals surface area contributed by atoms with Gasteiger partial charge < -0.3 is 5.32 Å². The van der Waals surface area contributed by atoms with Gasteiger partial charge in [0.05, 0.1) is 22.7 Å². The van der Waals surface area contributed by atoms with Gasteiger partial charge in [-0.1, -0.05) is 11.6 Å². The second kappa shape index (κ2) is 4.93. The zero-order chi connectivity index (χ0) is 12.3. The third-order valence-electron chi connectivity index (χ3n) is 2.14. The number of rotatable bonds is 3. The third-order valence-corrected chi connectivity index (χ3v) is 2.40. The highest BCUT2D eigenvalue weighted by atomic mass is 35.5. The number of anilines is 1. The Morgan fingerprint density at radius 3 is 2.88 bits per heavy atom. The molecule has 2 aromatic rings. The van der Waals surface area contributed by atoms with Gasteiger partial charge in [0.25, 0.3) is 0 Å². The number of hydrogen-bond donors (Lipinski definition) is 1. The van der Waals surface area contributed by atoms with Crippen molar-refractivity contribution in [3.8, 4) is 6.07 Å². The molecule has 0 radical (unpaired) electrons. The van der Waals surface area contributed by atoms with Crippen LogP contribution in [0.15, 0.2) is 18.2 Å². The molecule has 0 spiro atoms. The molecule has 1 heterocycles. The number of fused-ring (bicyclic) bond motifs is 1. The van der Waals surface area contributed by atoms with Crippen molar-refractivity contribution in [2.24, 2.45) is 0 Å². The number of halogens is 2. The van der Waals surface area contributed by atoms with Crippen LogP contribution in [0, 0.1) is 11.3 Å². The molecule has 0 amide bonds. The topological polar surface area (TPSA) is 61.6 Å². The van der Waals surface area contributed by atoms with E-state index in [-0.39, 0.29) is 11.7 Å². The Bertz CT molecular complexity index is 594. The van der Waals surface area contributed by atoms with Crippen molar-refractivity contribution >= 4 is 28.5 Å². The summed E-state index contributed by atoms with van der Waals surface area (Å²) in [6.07, 6.45) is 0. The van der Waals surface area contributed by atoms with Crippen molar-refractivity contribution in [3.63, 3.8) is 0 Å². The summed E-state index contributed by atoms with van der Waals surface area (Å²) in [5.74, 6) is 0.349. The van der Waals surface area contributed by atoms with Gasteiger partial charge >= 0.3 is 0 Å². The van der Waals surface area contributed by atoms with Crippen molar-refractivity contribution < 1.29 is 4.39 Å². The molecule has 0 fully saturated rings. The zero-order valence-corrected chi connectivity index (χ0v) is 9.50. The summed E-state index contributed by atoms with van der Waals surface area (Å²) in [6.45, 7) is -0.375. The molecule has 0 aliphatic rings. The first kappa shape index (κ1) is 11.6. The van der Waals surface area contributed by atoms with Crippen molar-refractivity contribution in [1.82, 2.24) is 9.97 Å². The van der Waals surface area contributed by atoms with E-state index >= 15 is 0 Å². The molecule has 1 aromatic heterocycles. The predicted molar refractivity (Wildman–Crippen MR) is 63.7 cm³/mol. The fourth-order valence-corrected chi connectivity index (χ4v) is 1.58. The highest BCUT2D eigenvalue weighted by molar-refractivity contribution is 6.32. The molecule has 17 heavy (non-hydrogen) atoms. The lowest BCUT2D eigenvalue weighted by molar-refractivity contribution is 0.512. The van der Waals surface area contributed by atoms with E-state index in [1.807, 2.05) is 6.07 Å². The molecule has 0 atom stereocenters. The van der Waals surface area contributed by atoms with E-state index in [1.165, 1.54) is 0 Å². The molecule has 0 unspecified atom stereocenters. The number of aromatic nitrogens is 2. The Labute approximate surface area is 102 Å². The molecule has 6 heteroatoms. The van der Waals surface area contributed by atoms with E-state index in [9.17, 15) is 4.39 Å². The van der Waals surface area contributed by atoms with Crippen molar-refractivity contribution in [1.29, 1.82) is 5.26 Å².